The van der Waals surface area contributed by atoms with Gasteiger partial charge in [0.25, 0.3) is 0 Å². The first-order valence-electron chi connectivity index (χ1n) is 6.63. The van der Waals surface area contributed by atoms with E-state index in [0.29, 0.717) is 12.1 Å². The van der Waals surface area contributed by atoms with E-state index in [0.717, 1.165) is 10.2 Å². The first-order valence-corrected chi connectivity index (χ1v) is 7.42. The summed E-state index contributed by atoms with van der Waals surface area (Å²) in [5, 5.41) is 3.41. The minimum absolute atomic E-state index is 0.197. The fraction of sp³-hybridized carbons (Fsp3) is 0.250. The molecule has 2 aromatic rings. The number of nitrogens with zero attached hydrogens (tertiary/aromatic N) is 1. The second kappa shape index (κ2) is 7.33. The smallest absolute Gasteiger partial charge is 0.339 e. The fourth-order valence-corrected chi connectivity index (χ4v) is 2.59. The lowest BCUT2D eigenvalue weighted by atomic mass is 10.1. The van der Waals surface area contributed by atoms with E-state index in [-0.39, 0.29) is 12.0 Å². The molecule has 4 nitrogen and oxygen atoms in total. The van der Waals surface area contributed by atoms with Crippen LogP contribution in [0.5, 0.6) is 0 Å². The van der Waals surface area contributed by atoms with Crippen LogP contribution in [-0.2, 0) is 11.3 Å². The summed E-state index contributed by atoms with van der Waals surface area (Å²) < 4.78 is 5.73. The zero-order chi connectivity index (χ0) is 15.2. The number of carbonyl (C=O) groups is 1. The number of hydrogen-bond donors (Lipinski definition) is 1. The Balaban J connectivity index is 1.97. The molecule has 0 aliphatic heterocycles. The largest absolute Gasteiger partial charge is 0.465 e. The molecule has 5 heteroatoms. The van der Waals surface area contributed by atoms with E-state index in [9.17, 15) is 4.79 Å². The van der Waals surface area contributed by atoms with Crippen molar-refractivity contribution in [3.05, 3.63) is 63.9 Å². The fourth-order valence-electron chi connectivity index (χ4n) is 1.96. The van der Waals surface area contributed by atoms with E-state index in [1.165, 1.54) is 18.9 Å². The van der Waals surface area contributed by atoms with Gasteiger partial charge in [0.05, 0.1) is 18.4 Å². The minimum Gasteiger partial charge on any atom is -0.465 e. The van der Waals surface area contributed by atoms with Gasteiger partial charge in [-0.15, -0.1) is 0 Å². The van der Waals surface area contributed by atoms with Gasteiger partial charge in [0, 0.05) is 23.3 Å². The van der Waals surface area contributed by atoms with Gasteiger partial charge >= 0.3 is 5.97 Å². The Morgan fingerprint density at radius 3 is 2.71 bits per heavy atom. The van der Waals surface area contributed by atoms with Crippen molar-refractivity contribution in [3.63, 3.8) is 0 Å². The van der Waals surface area contributed by atoms with Crippen molar-refractivity contribution >= 4 is 21.9 Å². The molecule has 110 valence electrons. The maximum atomic E-state index is 11.3. The maximum Gasteiger partial charge on any atom is 0.339 e. The van der Waals surface area contributed by atoms with Gasteiger partial charge in [-0.1, -0.05) is 34.1 Å². The van der Waals surface area contributed by atoms with Crippen LogP contribution in [0, 0.1) is 0 Å². The van der Waals surface area contributed by atoms with E-state index < -0.39 is 0 Å². The molecule has 0 spiro atoms. The summed E-state index contributed by atoms with van der Waals surface area (Å²) in [7, 11) is 1.36. The number of pyridine rings is 1. The number of ether oxygens (including phenoxy) is 1. The lowest BCUT2D eigenvalue weighted by molar-refractivity contribution is 0.0600. The van der Waals surface area contributed by atoms with Crippen molar-refractivity contribution in [3.8, 4) is 0 Å². The second-order valence-electron chi connectivity index (χ2n) is 4.65. The Labute approximate surface area is 132 Å². The zero-order valence-corrected chi connectivity index (χ0v) is 13.6. The number of carbonyl (C=O) groups excluding carboxylic acids is 1. The highest BCUT2D eigenvalue weighted by molar-refractivity contribution is 9.10. The van der Waals surface area contributed by atoms with Crippen molar-refractivity contribution < 1.29 is 9.53 Å². The molecule has 1 atom stereocenters. The Morgan fingerprint density at radius 1 is 1.33 bits per heavy atom. The summed E-state index contributed by atoms with van der Waals surface area (Å²) in [5.41, 5.74) is 2.53. The number of aromatic nitrogens is 1. The topological polar surface area (TPSA) is 51.2 Å². The van der Waals surface area contributed by atoms with Crippen LogP contribution in [0.15, 0.2) is 47.1 Å². The van der Waals surface area contributed by atoms with Crippen LogP contribution in [0.1, 0.15) is 34.6 Å². The van der Waals surface area contributed by atoms with E-state index in [2.05, 4.69) is 44.0 Å². The Kier molecular flexibility index (Phi) is 5.47. The summed E-state index contributed by atoms with van der Waals surface area (Å²) in [4.78, 5) is 15.6. The number of nitrogens with one attached hydrogen (secondary N) is 1. The number of benzene rings is 1. The number of rotatable bonds is 5. The first-order chi connectivity index (χ1) is 10.1. The number of hydrogen-bond acceptors (Lipinski definition) is 4. The molecule has 1 heterocycles. The monoisotopic (exact) mass is 348 g/mol. The molecule has 0 aliphatic rings. The Hall–Kier alpha value is -1.72. The molecule has 0 fully saturated rings. The normalized spacial score (nSPS) is 12.0. The lowest BCUT2D eigenvalue weighted by Gasteiger charge is -2.15. The van der Waals surface area contributed by atoms with Gasteiger partial charge in [0.2, 0.25) is 0 Å². The minimum atomic E-state index is -0.372. The van der Waals surface area contributed by atoms with Gasteiger partial charge in [-0.05, 0) is 30.7 Å². The number of esters is 1. The quantitative estimate of drug-likeness (QED) is 0.840. The summed E-state index contributed by atoms with van der Waals surface area (Å²) in [6.07, 6.45) is 1.53. The first kappa shape index (κ1) is 15.7. The van der Waals surface area contributed by atoms with Crippen LogP contribution in [0.3, 0.4) is 0 Å². The summed E-state index contributed by atoms with van der Waals surface area (Å²) in [6, 6.07) is 11.9. The third-order valence-corrected chi connectivity index (χ3v) is 3.93. The van der Waals surface area contributed by atoms with Crippen LogP contribution in [-0.4, -0.2) is 18.1 Å². The van der Waals surface area contributed by atoms with E-state index in [4.69, 9.17) is 0 Å². The second-order valence-corrected chi connectivity index (χ2v) is 5.51. The highest BCUT2D eigenvalue weighted by Gasteiger charge is 2.09. The molecule has 1 aromatic heterocycles. The molecule has 0 bridgehead atoms. The standard InChI is InChI=1S/C16H17BrN2O2/c1-11(14-5-3-4-6-15(14)17)18-10-13-8-7-12(9-19-13)16(20)21-2/h3-9,11,18H,10H2,1-2H3/t11-/m1/s1. The van der Waals surface area contributed by atoms with Gasteiger partial charge in [-0.2, -0.15) is 0 Å². The third-order valence-electron chi connectivity index (χ3n) is 3.21. The Morgan fingerprint density at radius 2 is 2.10 bits per heavy atom. The van der Waals surface area contributed by atoms with Gasteiger partial charge in [0.1, 0.15) is 0 Å². The van der Waals surface area contributed by atoms with Crippen LogP contribution < -0.4 is 5.32 Å². The molecular weight excluding hydrogens is 332 g/mol. The van der Waals surface area contributed by atoms with Gasteiger partial charge in [-0.3, -0.25) is 4.98 Å². The van der Waals surface area contributed by atoms with Crippen molar-refractivity contribution in [2.24, 2.45) is 0 Å². The molecule has 0 aliphatic carbocycles. The van der Waals surface area contributed by atoms with Gasteiger partial charge < -0.3 is 10.1 Å². The summed E-state index contributed by atoms with van der Waals surface area (Å²) in [5.74, 6) is -0.372. The lowest BCUT2D eigenvalue weighted by Crippen LogP contribution is -2.19. The average Bonchev–Trinajstić information content (AvgIpc) is 2.52. The number of halogens is 1. The average molecular weight is 349 g/mol. The Bertz CT molecular complexity index is 614. The molecule has 2 rings (SSSR count). The van der Waals surface area contributed by atoms with Crippen molar-refractivity contribution in [1.82, 2.24) is 10.3 Å². The van der Waals surface area contributed by atoms with Crippen molar-refractivity contribution in [1.29, 1.82) is 0 Å². The summed E-state index contributed by atoms with van der Waals surface area (Å²) >= 11 is 3.55. The highest BCUT2D eigenvalue weighted by atomic mass is 79.9. The van der Waals surface area contributed by atoms with E-state index in [1.807, 2.05) is 24.3 Å². The van der Waals surface area contributed by atoms with Gasteiger partial charge in [0.15, 0.2) is 0 Å². The zero-order valence-electron chi connectivity index (χ0n) is 12.0. The van der Waals surface area contributed by atoms with Crippen LogP contribution in [0.25, 0.3) is 0 Å². The molecule has 1 aromatic carbocycles. The molecule has 0 saturated heterocycles. The molecular formula is C16H17BrN2O2. The van der Waals surface area contributed by atoms with Crippen molar-refractivity contribution in [2.45, 2.75) is 19.5 Å². The van der Waals surface area contributed by atoms with Crippen LogP contribution in [0.4, 0.5) is 0 Å². The predicted molar refractivity (Wildman–Crippen MR) is 85.0 cm³/mol. The highest BCUT2D eigenvalue weighted by Crippen LogP contribution is 2.22. The molecule has 21 heavy (non-hydrogen) atoms. The third kappa shape index (κ3) is 4.12. The van der Waals surface area contributed by atoms with E-state index in [1.54, 1.807) is 6.07 Å². The molecule has 0 unspecified atom stereocenters. The predicted octanol–water partition coefficient (Wildman–Crippen LogP) is 3.48. The number of methoxy groups -OCH3 is 1. The SMILES string of the molecule is COC(=O)c1ccc(CN[C@H](C)c2ccccc2Br)nc1. The van der Waals surface area contributed by atoms with Gasteiger partial charge in [-0.25, -0.2) is 4.79 Å². The molecule has 0 amide bonds. The van der Waals surface area contributed by atoms with Crippen LogP contribution >= 0.6 is 15.9 Å². The van der Waals surface area contributed by atoms with Crippen LogP contribution in [0.2, 0.25) is 0 Å². The summed E-state index contributed by atoms with van der Waals surface area (Å²) in [6.45, 7) is 2.73. The molecule has 0 saturated carbocycles. The molecule has 0 radical (unpaired) electrons. The molecule has 1 N–H and O–H groups in total. The van der Waals surface area contributed by atoms with E-state index >= 15 is 0 Å². The van der Waals surface area contributed by atoms with Crippen molar-refractivity contribution in [2.75, 3.05) is 7.11 Å². The maximum absolute atomic E-state index is 11.3.